The summed E-state index contributed by atoms with van der Waals surface area (Å²) in [6.45, 7) is 6.03. The summed E-state index contributed by atoms with van der Waals surface area (Å²) in [6.07, 6.45) is 2.37. The van der Waals surface area contributed by atoms with Crippen LogP contribution in [0.1, 0.15) is 37.2 Å². The molecule has 118 valence electrons. The predicted octanol–water partition coefficient (Wildman–Crippen LogP) is 1.97. The number of nitrogens with zero attached hydrogens (tertiary/aromatic N) is 4. The summed E-state index contributed by atoms with van der Waals surface area (Å²) in [7, 11) is 1.84. The summed E-state index contributed by atoms with van der Waals surface area (Å²) in [4.78, 5) is 18.0. The van der Waals surface area contributed by atoms with Crippen molar-refractivity contribution in [3.05, 3.63) is 35.7 Å². The van der Waals surface area contributed by atoms with Gasteiger partial charge in [0, 0.05) is 12.6 Å². The second-order valence-corrected chi connectivity index (χ2v) is 5.25. The number of hydrogen-bond donors (Lipinski definition) is 1. The average molecular weight is 303 g/mol. The minimum Gasteiger partial charge on any atom is -0.424 e. The zero-order valence-corrected chi connectivity index (χ0v) is 13.3. The first-order valence-electron chi connectivity index (χ1n) is 7.24. The van der Waals surface area contributed by atoms with E-state index in [1.54, 1.807) is 6.20 Å². The van der Waals surface area contributed by atoms with E-state index in [4.69, 9.17) is 4.42 Å². The summed E-state index contributed by atoms with van der Waals surface area (Å²) < 4.78 is 5.52. The normalized spacial score (nSPS) is 12.4. The first kappa shape index (κ1) is 16.1. The minimum absolute atomic E-state index is 0.135. The third-order valence-electron chi connectivity index (χ3n) is 3.38. The SMILES string of the molecule is CCc1nnc(C(C)N(C)CC(=O)Nc2cc(C)ccn2)o1. The third-order valence-corrected chi connectivity index (χ3v) is 3.38. The Bertz CT molecular complexity index is 640. The van der Waals surface area contributed by atoms with E-state index in [-0.39, 0.29) is 18.5 Å². The van der Waals surface area contributed by atoms with Gasteiger partial charge in [-0.1, -0.05) is 6.92 Å². The van der Waals surface area contributed by atoms with Gasteiger partial charge in [0.25, 0.3) is 0 Å². The molecule has 0 radical (unpaired) electrons. The Kier molecular flexibility index (Phi) is 5.21. The summed E-state index contributed by atoms with van der Waals surface area (Å²) >= 11 is 0. The van der Waals surface area contributed by atoms with E-state index in [9.17, 15) is 4.79 Å². The van der Waals surface area contributed by atoms with Gasteiger partial charge in [-0.2, -0.15) is 0 Å². The van der Waals surface area contributed by atoms with Crippen LogP contribution in [0.2, 0.25) is 0 Å². The maximum Gasteiger partial charge on any atom is 0.239 e. The van der Waals surface area contributed by atoms with Crippen LogP contribution < -0.4 is 5.32 Å². The van der Waals surface area contributed by atoms with Crippen LogP contribution >= 0.6 is 0 Å². The van der Waals surface area contributed by atoms with Crippen molar-refractivity contribution in [2.45, 2.75) is 33.2 Å². The molecule has 2 heterocycles. The van der Waals surface area contributed by atoms with Gasteiger partial charge >= 0.3 is 0 Å². The van der Waals surface area contributed by atoms with Gasteiger partial charge < -0.3 is 9.73 Å². The molecule has 0 spiro atoms. The number of pyridine rings is 1. The van der Waals surface area contributed by atoms with Crippen molar-refractivity contribution in [3.63, 3.8) is 0 Å². The minimum atomic E-state index is -0.136. The van der Waals surface area contributed by atoms with Gasteiger partial charge in [0.05, 0.1) is 12.6 Å². The number of likely N-dealkylation sites (N-methyl/N-ethyl adjacent to an activating group) is 1. The molecule has 7 heteroatoms. The molecule has 2 aromatic rings. The highest BCUT2D eigenvalue weighted by Gasteiger charge is 2.20. The lowest BCUT2D eigenvalue weighted by Gasteiger charge is -2.20. The molecule has 0 aliphatic heterocycles. The fourth-order valence-corrected chi connectivity index (χ4v) is 1.92. The van der Waals surface area contributed by atoms with Crippen LogP contribution in [-0.2, 0) is 11.2 Å². The molecule has 0 saturated heterocycles. The number of nitrogens with one attached hydrogen (secondary N) is 1. The van der Waals surface area contributed by atoms with Gasteiger partial charge in [-0.25, -0.2) is 4.98 Å². The summed E-state index contributed by atoms with van der Waals surface area (Å²) in [6, 6.07) is 3.57. The Labute approximate surface area is 129 Å². The zero-order valence-electron chi connectivity index (χ0n) is 13.3. The van der Waals surface area contributed by atoms with E-state index in [1.807, 2.05) is 44.9 Å². The molecule has 2 aromatic heterocycles. The molecule has 0 fully saturated rings. The number of rotatable bonds is 6. The van der Waals surface area contributed by atoms with Crippen molar-refractivity contribution in [1.82, 2.24) is 20.1 Å². The number of anilines is 1. The van der Waals surface area contributed by atoms with Crippen LogP contribution in [0.5, 0.6) is 0 Å². The predicted molar refractivity (Wildman–Crippen MR) is 82.3 cm³/mol. The van der Waals surface area contributed by atoms with Crippen molar-refractivity contribution in [1.29, 1.82) is 0 Å². The van der Waals surface area contributed by atoms with Gasteiger partial charge in [0.2, 0.25) is 17.7 Å². The Hall–Kier alpha value is -2.28. The van der Waals surface area contributed by atoms with E-state index in [2.05, 4.69) is 20.5 Å². The molecule has 1 atom stereocenters. The van der Waals surface area contributed by atoms with Gasteiger partial charge in [-0.05, 0) is 38.6 Å². The third kappa shape index (κ3) is 4.11. The van der Waals surface area contributed by atoms with Crippen molar-refractivity contribution in [2.24, 2.45) is 0 Å². The molecule has 0 aliphatic rings. The smallest absolute Gasteiger partial charge is 0.239 e. The summed E-state index contributed by atoms with van der Waals surface area (Å²) in [5.74, 6) is 1.53. The van der Waals surface area contributed by atoms with Gasteiger partial charge in [0.15, 0.2) is 0 Å². The lowest BCUT2D eigenvalue weighted by molar-refractivity contribution is -0.117. The van der Waals surface area contributed by atoms with Crippen molar-refractivity contribution in [2.75, 3.05) is 18.9 Å². The average Bonchev–Trinajstić information content (AvgIpc) is 2.95. The van der Waals surface area contributed by atoms with Crippen molar-refractivity contribution < 1.29 is 9.21 Å². The van der Waals surface area contributed by atoms with Crippen LogP contribution in [0, 0.1) is 6.92 Å². The van der Waals surface area contributed by atoms with Crippen LogP contribution in [0.25, 0.3) is 0 Å². The molecular weight excluding hydrogens is 282 g/mol. The molecule has 2 rings (SSSR count). The summed E-state index contributed by atoms with van der Waals surface area (Å²) in [5.41, 5.74) is 1.05. The number of aryl methyl sites for hydroxylation is 2. The molecule has 7 nitrogen and oxygen atoms in total. The number of hydrogen-bond acceptors (Lipinski definition) is 6. The van der Waals surface area contributed by atoms with Crippen LogP contribution in [0.4, 0.5) is 5.82 Å². The fourth-order valence-electron chi connectivity index (χ4n) is 1.92. The number of amides is 1. The Balaban J connectivity index is 1.92. The second-order valence-electron chi connectivity index (χ2n) is 5.25. The molecule has 0 aromatic carbocycles. The van der Waals surface area contributed by atoms with Crippen LogP contribution in [-0.4, -0.2) is 39.6 Å². The maximum absolute atomic E-state index is 12.1. The monoisotopic (exact) mass is 303 g/mol. The van der Waals surface area contributed by atoms with Crippen molar-refractivity contribution >= 4 is 11.7 Å². The standard InChI is InChI=1S/C15H21N5O2/c1-5-14-18-19-15(22-14)11(3)20(4)9-13(21)17-12-8-10(2)6-7-16-12/h6-8,11H,5,9H2,1-4H3,(H,16,17,21). The molecular formula is C15H21N5O2. The highest BCUT2D eigenvalue weighted by Crippen LogP contribution is 2.17. The summed E-state index contributed by atoms with van der Waals surface area (Å²) in [5, 5.41) is 10.7. The Morgan fingerprint density at radius 2 is 2.23 bits per heavy atom. The number of carbonyl (C=O) groups is 1. The molecule has 1 N–H and O–H groups in total. The van der Waals surface area contributed by atoms with E-state index >= 15 is 0 Å². The van der Waals surface area contributed by atoms with Gasteiger partial charge in [-0.15, -0.1) is 10.2 Å². The fraction of sp³-hybridized carbons (Fsp3) is 0.467. The largest absolute Gasteiger partial charge is 0.424 e. The van der Waals surface area contributed by atoms with Crippen LogP contribution in [0.3, 0.4) is 0 Å². The molecule has 0 saturated carbocycles. The van der Waals surface area contributed by atoms with Crippen LogP contribution in [0.15, 0.2) is 22.7 Å². The second kappa shape index (κ2) is 7.13. The van der Waals surface area contributed by atoms with Gasteiger partial charge in [0.1, 0.15) is 5.82 Å². The van der Waals surface area contributed by atoms with Crippen molar-refractivity contribution in [3.8, 4) is 0 Å². The first-order chi connectivity index (χ1) is 10.5. The Morgan fingerprint density at radius 3 is 2.86 bits per heavy atom. The molecule has 22 heavy (non-hydrogen) atoms. The first-order valence-corrected chi connectivity index (χ1v) is 7.24. The molecule has 1 unspecified atom stereocenters. The molecule has 0 bridgehead atoms. The number of aromatic nitrogens is 3. The van der Waals surface area contributed by atoms with E-state index in [0.717, 1.165) is 5.56 Å². The lowest BCUT2D eigenvalue weighted by atomic mass is 10.3. The lowest BCUT2D eigenvalue weighted by Crippen LogP contribution is -2.32. The Morgan fingerprint density at radius 1 is 1.45 bits per heavy atom. The van der Waals surface area contributed by atoms with E-state index in [0.29, 0.717) is 24.0 Å². The zero-order chi connectivity index (χ0) is 16.1. The highest BCUT2D eigenvalue weighted by atomic mass is 16.4. The molecule has 1 amide bonds. The van der Waals surface area contributed by atoms with E-state index < -0.39 is 0 Å². The van der Waals surface area contributed by atoms with E-state index in [1.165, 1.54) is 0 Å². The molecule has 0 aliphatic carbocycles. The maximum atomic E-state index is 12.1. The topological polar surface area (TPSA) is 84.2 Å². The quantitative estimate of drug-likeness (QED) is 0.878. The highest BCUT2D eigenvalue weighted by molar-refractivity contribution is 5.91. The number of carbonyl (C=O) groups excluding carboxylic acids is 1. The van der Waals surface area contributed by atoms with Gasteiger partial charge in [-0.3, -0.25) is 9.69 Å².